The summed E-state index contributed by atoms with van der Waals surface area (Å²) in [5.41, 5.74) is 9.72. The molecule has 1 unspecified atom stereocenters. The van der Waals surface area contributed by atoms with Crippen molar-refractivity contribution >= 4 is 15.9 Å². The lowest BCUT2D eigenvalue weighted by atomic mass is 9.97. The van der Waals surface area contributed by atoms with Gasteiger partial charge in [0, 0.05) is 18.4 Å². The third kappa shape index (κ3) is 3.33. The van der Waals surface area contributed by atoms with E-state index < -0.39 is 0 Å². The van der Waals surface area contributed by atoms with Crippen molar-refractivity contribution in [3.05, 3.63) is 57.8 Å². The lowest BCUT2D eigenvalue weighted by Crippen LogP contribution is -2.14. The summed E-state index contributed by atoms with van der Waals surface area (Å²) < 4.78 is 6.17. The van der Waals surface area contributed by atoms with Gasteiger partial charge in [-0.25, -0.2) is 0 Å². The molecule has 1 atom stereocenters. The molecule has 1 aromatic carbocycles. The minimum atomic E-state index is -0.0247. The Kier molecular flexibility index (Phi) is 4.56. The standard InChI is InChI=1S/C15H17BrN2O/c1-10-9-18-6-5-12(10)14(17)8-11-3-4-15(19-2)13(16)7-11/h3-7,9,14H,8,17H2,1-2H3. The summed E-state index contributed by atoms with van der Waals surface area (Å²) in [4.78, 5) is 4.09. The zero-order valence-electron chi connectivity index (χ0n) is 11.1. The maximum Gasteiger partial charge on any atom is 0.133 e. The second kappa shape index (κ2) is 6.17. The van der Waals surface area contributed by atoms with Crippen LogP contribution in [0.1, 0.15) is 22.7 Å². The minimum Gasteiger partial charge on any atom is -0.496 e. The number of benzene rings is 1. The van der Waals surface area contributed by atoms with Crippen molar-refractivity contribution in [1.29, 1.82) is 0 Å². The summed E-state index contributed by atoms with van der Waals surface area (Å²) in [6.07, 6.45) is 4.42. The molecule has 3 nitrogen and oxygen atoms in total. The van der Waals surface area contributed by atoms with Crippen LogP contribution in [0, 0.1) is 6.92 Å². The molecule has 0 fully saturated rings. The molecule has 0 aliphatic rings. The molecular formula is C15H17BrN2O. The molecule has 1 aromatic heterocycles. The number of pyridine rings is 1. The van der Waals surface area contributed by atoms with Crippen molar-refractivity contribution in [3.63, 3.8) is 0 Å². The first kappa shape index (κ1) is 14.0. The van der Waals surface area contributed by atoms with Gasteiger partial charge in [0.2, 0.25) is 0 Å². The van der Waals surface area contributed by atoms with Crippen molar-refractivity contribution in [2.24, 2.45) is 5.73 Å². The van der Waals surface area contributed by atoms with Crippen molar-refractivity contribution in [3.8, 4) is 5.75 Å². The zero-order valence-corrected chi connectivity index (χ0v) is 12.6. The van der Waals surface area contributed by atoms with E-state index in [9.17, 15) is 0 Å². The van der Waals surface area contributed by atoms with E-state index in [1.165, 1.54) is 5.56 Å². The summed E-state index contributed by atoms with van der Waals surface area (Å²) in [6, 6.07) is 8.00. The summed E-state index contributed by atoms with van der Waals surface area (Å²) in [7, 11) is 1.66. The number of ether oxygens (including phenoxy) is 1. The number of aromatic nitrogens is 1. The average Bonchev–Trinajstić information content (AvgIpc) is 2.39. The van der Waals surface area contributed by atoms with E-state index in [4.69, 9.17) is 10.5 Å². The lowest BCUT2D eigenvalue weighted by Gasteiger charge is -2.15. The van der Waals surface area contributed by atoms with Gasteiger partial charge in [-0.1, -0.05) is 6.07 Å². The number of hydrogen-bond acceptors (Lipinski definition) is 3. The van der Waals surface area contributed by atoms with E-state index in [0.717, 1.165) is 27.8 Å². The van der Waals surface area contributed by atoms with Gasteiger partial charge in [-0.05, 0) is 64.2 Å². The monoisotopic (exact) mass is 320 g/mol. The zero-order chi connectivity index (χ0) is 13.8. The van der Waals surface area contributed by atoms with E-state index in [0.29, 0.717) is 0 Å². The number of hydrogen-bond donors (Lipinski definition) is 1. The van der Waals surface area contributed by atoms with Crippen molar-refractivity contribution in [1.82, 2.24) is 4.98 Å². The highest BCUT2D eigenvalue weighted by Crippen LogP contribution is 2.27. The Labute approximate surface area is 121 Å². The van der Waals surface area contributed by atoms with Crippen molar-refractivity contribution in [2.75, 3.05) is 7.11 Å². The van der Waals surface area contributed by atoms with Crippen LogP contribution in [0.4, 0.5) is 0 Å². The number of halogens is 1. The fraction of sp³-hybridized carbons (Fsp3) is 0.267. The van der Waals surface area contributed by atoms with E-state index in [-0.39, 0.29) is 6.04 Å². The third-order valence-electron chi connectivity index (χ3n) is 3.13. The molecule has 0 radical (unpaired) electrons. The number of nitrogens with two attached hydrogens (primary N) is 1. The lowest BCUT2D eigenvalue weighted by molar-refractivity contribution is 0.412. The Balaban J connectivity index is 2.17. The molecule has 1 heterocycles. The minimum absolute atomic E-state index is 0.0247. The highest BCUT2D eigenvalue weighted by molar-refractivity contribution is 9.10. The first-order valence-corrected chi connectivity index (χ1v) is 6.89. The summed E-state index contributed by atoms with van der Waals surface area (Å²) in [5.74, 6) is 0.831. The molecule has 0 saturated carbocycles. The number of rotatable bonds is 4. The molecule has 2 N–H and O–H groups in total. The van der Waals surface area contributed by atoms with Gasteiger partial charge in [0.25, 0.3) is 0 Å². The van der Waals surface area contributed by atoms with Gasteiger partial charge in [-0.15, -0.1) is 0 Å². The van der Waals surface area contributed by atoms with Gasteiger partial charge in [0.1, 0.15) is 5.75 Å². The molecule has 4 heteroatoms. The van der Waals surface area contributed by atoms with Gasteiger partial charge >= 0.3 is 0 Å². The number of nitrogens with zero attached hydrogens (tertiary/aromatic N) is 1. The molecule has 100 valence electrons. The highest BCUT2D eigenvalue weighted by atomic mass is 79.9. The molecule has 2 rings (SSSR count). The van der Waals surface area contributed by atoms with Crippen molar-refractivity contribution < 1.29 is 4.74 Å². The summed E-state index contributed by atoms with van der Waals surface area (Å²) >= 11 is 3.49. The smallest absolute Gasteiger partial charge is 0.133 e. The van der Waals surface area contributed by atoms with E-state index in [2.05, 4.69) is 27.0 Å². The summed E-state index contributed by atoms with van der Waals surface area (Å²) in [5, 5.41) is 0. The normalized spacial score (nSPS) is 12.2. The van der Waals surface area contributed by atoms with Gasteiger partial charge < -0.3 is 10.5 Å². The number of aryl methyl sites for hydroxylation is 1. The fourth-order valence-corrected chi connectivity index (χ4v) is 2.69. The van der Waals surface area contributed by atoms with Gasteiger partial charge in [0.05, 0.1) is 11.6 Å². The molecule has 19 heavy (non-hydrogen) atoms. The second-order valence-corrected chi connectivity index (χ2v) is 5.37. The van der Waals surface area contributed by atoms with Crippen LogP contribution >= 0.6 is 15.9 Å². The topological polar surface area (TPSA) is 48.1 Å². The first-order valence-electron chi connectivity index (χ1n) is 6.10. The molecule has 0 aliphatic carbocycles. The van der Waals surface area contributed by atoms with Crippen LogP contribution in [0.15, 0.2) is 41.1 Å². The quantitative estimate of drug-likeness (QED) is 0.939. The van der Waals surface area contributed by atoms with Crippen LogP contribution in [0.3, 0.4) is 0 Å². The largest absolute Gasteiger partial charge is 0.496 e. The third-order valence-corrected chi connectivity index (χ3v) is 3.75. The van der Waals surface area contributed by atoms with Gasteiger partial charge in [-0.3, -0.25) is 4.98 Å². The molecule has 0 amide bonds. The van der Waals surface area contributed by atoms with E-state index in [1.54, 1.807) is 13.3 Å². The number of methoxy groups -OCH3 is 1. The Morgan fingerprint density at radius 3 is 2.79 bits per heavy atom. The Hall–Kier alpha value is -1.39. The highest BCUT2D eigenvalue weighted by Gasteiger charge is 2.11. The van der Waals surface area contributed by atoms with Crippen LogP contribution in [0.2, 0.25) is 0 Å². The van der Waals surface area contributed by atoms with Crippen LogP contribution < -0.4 is 10.5 Å². The Morgan fingerprint density at radius 1 is 1.37 bits per heavy atom. The Morgan fingerprint density at radius 2 is 2.16 bits per heavy atom. The Bertz CT molecular complexity index is 572. The maximum absolute atomic E-state index is 6.27. The predicted octanol–water partition coefficient (Wildman–Crippen LogP) is 3.40. The first-order chi connectivity index (χ1) is 9.11. The van der Waals surface area contributed by atoms with Gasteiger partial charge in [-0.2, -0.15) is 0 Å². The predicted molar refractivity (Wildman–Crippen MR) is 80.3 cm³/mol. The van der Waals surface area contributed by atoms with Crippen LogP contribution in [-0.2, 0) is 6.42 Å². The van der Waals surface area contributed by atoms with Crippen LogP contribution in [0.25, 0.3) is 0 Å². The fourth-order valence-electron chi connectivity index (χ4n) is 2.10. The molecule has 0 aliphatic heterocycles. The summed E-state index contributed by atoms with van der Waals surface area (Å²) in [6.45, 7) is 2.03. The van der Waals surface area contributed by atoms with Crippen molar-refractivity contribution in [2.45, 2.75) is 19.4 Å². The molecule has 0 bridgehead atoms. The van der Waals surface area contributed by atoms with E-state index in [1.807, 2.05) is 31.3 Å². The molecule has 0 saturated heterocycles. The average molecular weight is 321 g/mol. The SMILES string of the molecule is COc1ccc(CC(N)c2ccncc2C)cc1Br. The molecule has 0 spiro atoms. The second-order valence-electron chi connectivity index (χ2n) is 4.51. The molecular weight excluding hydrogens is 304 g/mol. The molecule has 2 aromatic rings. The van der Waals surface area contributed by atoms with Gasteiger partial charge in [0.15, 0.2) is 0 Å². The maximum atomic E-state index is 6.27. The van der Waals surface area contributed by atoms with E-state index >= 15 is 0 Å². The van der Waals surface area contributed by atoms with Crippen LogP contribution in [0.5, 0.6) is 5.75 Å². The van der Waals surface area contributed by atoms with Crippen LogP contribution in [-0.4, -0.2) is 12.1 Å².